The van der Waals surface area contributed by atoms with Crippen LogP contribution < -0.4 is 16.4 Å². The number of guanidine groups is 2. The molecule has 118 valence electrons. The van der Waals surface area contributed by atoms with Crippen LogP contribution in [0.3, 0.4) is 0 Å². The van der Waals surface area contributed by atoms with Crippen molar-refractivity contribution in [2.45, 2.75) is 19.3 Å². The van der Waals surface area contributed by atoms with Gasteiger partial charge < -0.3 is 21.1 Å². The average Bonchev–Trinajstić information content (AvgIpc) is 2.35. The van der Waals surface area contributed by atoms with E-state index in [-0.39, 0.29) is 37.7 Å². The van der Waals surface area contributed by atoms with E-state index in [1.54, 1.807) is 14.1 Å². The topological polar surface area (TPSA) is 161 Å². The standard InChI is InChI=1S/C11H20N6O4/c1-17(2)11(13)16-10(12)15-8(19)4-3-7(18)14-6-5-9(20)21/h3-6H2,1-2H3,(H,14,18)(H,20,21)(H4,12,13,15,16,19). The van der Waals surface area contributed by atoms with Gasteiger partial charge in [0.25, 0.3) is 0 Å². The van der Waals surface area contributed by atoms with Gasteiger partial charge >= 0.3 is 5.97 Å². The van der Waals surface area contributed by atoms with Crippen molar-refractivity contribution < 1.29 is 19.5 Å². The number of aliphatic imine (C=N–C) groups is 1. The molecule has 10 nitrogen and oxygen atoms in total. The SMILES string of the molecule is CN(C)C(=N)N=C(N)NC(=O)CCC(=O)NCCC(=O)O. The Kier molecular flexibility index (Phi) is 8.11. The fourth-order valence-electron chi connectivity index (χ4n) is 1.07. The summed E-state index contributed by atoms with van der Waals surface area (Å²) in [4.78, 5) is 38.0. The van der Waals surface area contributed by atoms with E-state index >= 15 is 0 Å². The lowest BCUT2D eigenvalue weighted by Crippen LogP contribution is -2.39. The minimum atomic E-state index is -1.01. The number of nitrogens with one attached hydrogen (secondary N) is 3. The molecule has 0 heterocycles. The number of nitrogens with two attached hydrogens (primary N) is 1. The van der Waals surface area contributed by atoms with Crippen molar-refractivity contribution in [3.8, 4) is 0 Å². The van der Waals surface area contributed by atoms with Gasteiger partial charge in [0.2, 0.25) is 23.7 Å². The van der Waals surface area contributed by atoms with Crippen LogP contribution in [-0.2, 0) is 14.4 Å². The average molecular weight is 300 g/mol. The third-order valence-electron chi connectivity index (χ3n) is 2.16. The predicted molar refractivity (Wildman–Crippen MR) is 75.7 cm³/mol. The van der Waals surface area contributed by atoms with E-state index in [9.17, 15) is 14.4 Å². The van der Waals surface area contributed by atoms with Crippen molar-refractivity contribution in [2.24, 2.45) is 10.7 Å². The highest BCUT2D eigenvalue weighted by Gasteiger charge is 2.09. The molecule has 6 N–H and O–H groups in total. The molecule has 10 heteroatoms. The molecule has 0 atom stereocenters. The maximum absolute atomic E-state index is 11.5. The first-order valence-electron chi connectivity index (χ1n) is 6.10. The molecule has 0 aliphatic carbocycles. The summed E-state index contributed by atoms with van der Waals surface area (Å²) in [6.07, 6.45) is -0.390. The Morgan fingerprint density at radius 3 is 2.29 bits per heavy atom. The van der Waals surface area contributed by atoms with Crippen LogP contribution >= 0.6 is 0 Å². The summed E-state index contributed by atoms with van der Waals surface area (Å²) in [5.74, 6) is -2.32. The molecule has 0 fully saturated rings. The monoisotopic (exact) mass is 300 g/mol. The molecule has 0 radical (unpaired) electrons. The van der Waals surface area contributed by atoms with E-state index < -0.39 is 17.8 Å². The number of hydrogen-bond acceptors (Lipinski definition) is 4. The lowest BCUT2D eigenvalue weighted by molar-refractivity contribution is -0.137. The highest BCUT2D eigenvalue weighted by atomic mass is 16.4. The molecule has 0 aliphatic rings. The molecule has 0 aromatic rings. The number of aliphatic carboxylic acids is 1. The quantitative estimate of drug-likeness (QED) is 0.290. The summed E-state index contributed by atoms with van der Waals surface area (Å²) >= 11 is 0. The van der Waals surface area contributed by atoms with Gasteiger partial charge in [-0.15, -0.1) is 0 Å². The lowest BCUT2D eigenvalue weighted by Gasteiger charge is -2.10. The third-order valence-corrected chi connectivity index (χ3v) is 2.16. The van der Waals surface area contributed by atoms with E-state index in [4.69, 9.17) is 16.2 Å². The molecule has 0 aliphatic heterocycles. The minimum absolute atomic E-state index is 0.0133. The maximum atomic E-state index is 11.5. The highest BCUT2D eigenvalue weighted by Crippen LogP contribution is 1.90. The first-order chi connectivity index (χ1) is 9.72. The second-order valence-corrected chi connectivity index (χ2v) is 4.26. The molecule has 0 aromatic heterocycles. The van der Waals surface area contributed by atoms with Gasteiger partial charge in [0, 0.05) is 33.5 Å². The number of hydrogen-bond donors (Lipinski definition) is 5. The Morgan fingerprint density at radius 2 is 1.76 bits per heavy atom. The molecular weight excluding hydrogens is 280 g/mol. The van der Waals surface area contributed by atoms with Gasteiger partial charge in [0.05, 0.1) is 6.42 Å². The first-order valence-corrected chi connectivity index (χ1v) is 6.10. The van der Waals surface area contributed by atoms with Gasteiger partial charge in [-0.2, -0.15) is 4.99 Å². The minimum Gasteiger partial charge on any atom is -0.481 e. The molecule has 0 bridgehead atoms. The van der Waals surface area contributed by atoms with Gasteiger partial charge in [0.1, 0.15) is 0 Å². The van der Waals surface area contributed by atoms with Crippen LogP contribution in [-0.4, -0.2) is 60.3 Å². The van der Waals surface area contributed by atoms with Crippen molar-refractivity contribution >= 4 is 29.7 Å². The second-order valence-electron chi connectivity index (χ2n) is 4.26. The zero-order valence-electron chi connectivity index (χ0n) is 12.0. The Bertz CT molecular complexity index is 446. The first kappa shape index (κ1) is 18.4. The number of carboxylic acid groups (broad SMARTS) is 1. The summed E-state index contributed by atoms with van der Waals surface area (Å²) < 4.78 is 0. The van der Waals surface area contributed by atoms with Crippen molar-refractivity contribution in [3.05, 3.63) is 0 Å². The fourth-order valence-corrected chi connectivity index (χ4v) is 1.07. The van der Waals surface area contributed by atoms with Crippen LogP contribution in [0.2, 0.25) is 0 Å². The Labute approximate surface area is 121 Å². The Morgan fingerprint density at radius 1 is 1.19 bits per heavy atom. The van der Waals surface area contributed by atoms with Crippen LogP contribution in [0.15, 0.2) is 4.99 Å². The molecule has 2 amide bonds. The zero-order valence-corrected chi connectivity index (χ0v) is 12.0. The highest BCUT2D eigenvalue weighted by molar-refractivity contribution is 6.01. The number of nitrogens with zero attached hydrogens (tertiary/aromatic N) is 2. The number of rotatable bonds is 6. The maximum Gasteiger partial charge on any atom is 0.305 e. The summed E-state index contributed by atoms with van der Waals surface area (Å²) in [6, 6.07) is 0. The van der Waals surface area contributed by atoms with Crippen molar-refractivity contribution in [2.75, 3.05) is 20.6 Å². The van der Waals surface area contributed by atoms with Crippen LogP contribution in [0.4, 0.5) is 0 Å². The van der Waals surface area contributed by atoms with Gasteiger partial charge in [-0.25, -0.2) is 0 Å². The van der Waals surface area contributed by atoms with E-state index in [0.29, 0.717) is 0 Å². The summed E-state index contributed by atoms with van der Waals surface area (Å²) in [5, 5.41) is 20.4. The van der Waals surface area contributed by atoms with Gasteiger partial charge in [-0.05, 0) is 0 Å². The van der Waals surface area contributed by atoms with Crippen LogP contribution in [0.5, 0.6) is 0 Å². The molecule has 0 aromatic carbocycles. The van der Waals surface area contributed by atoms with E-state index in [1.165, 1.54) is 4.90 Å². The normalized spacial score (nSPS) is 10.7. The Hall–Kier alpha value is -2.65. The Balaban J connectivity index is 4.02. The molecule has 21 heavy (non-hydrogen) atoms. The molecule has 0 unspecified atom stereocenters. The number of carbonyl (C=O) groups excluding carboxylic acids is 2. The fraction of sp³-hybridized carbons (Fsp3) is 0.545. The van der Waals surface area contributed by atoms with E-state index in [1.807, 2.05) is 0 Å². The third kappa shape index (κ3) is 9.87. The van der Waals surface area contributed by atoms with Crippen LogP contribution in [0, 0.1) is 5.41 Å². The van der Waals surface area contributed by atoms with E-state index in [0.717, 1.165) is 0 Å². The van der Waals surface area contributed by atoms with Crippen molar-refractivity contribution in [3.63, 3.8) is 0 Å². The lowest BCUT2D eigenvalue weighted by atomic mass is 10.3. The summed E-state index contributed by atoms with van der Waals surface area (Å²) in [6.45, 7) is 0.0133. The van der Waals surface area contributed by atoms with Crippen LogP contribution in [0.25, 0.3) is 0 Å². The molecule has 0 spiro atoms. The van der Waals surface area contributed by atoms with Gasteiger partial charge in [-0.1, -0.05) is 0 Å². The zero-order chi connectivity index (χ0) is 16.4. The van der Waals surface area contributed by atoms with Gasteiger partial charge in [-0.3, -0.25) is 25.1 Å². The van der Waals surface area contributed by atoms with Crippen molar-refractivity contribution in [1.29, 1.82) is 5.41 Å². The molecule has 0 saturated heterocycles. The van der Waals surface area contributed by atoms with E-state index in [2.05, 4.69) is 15.6 Å². The van der Waals surface area contributed by atoms with Crippen LogP contribution in [0.1, 0.15) is 19.3 Å². The summed E-state index contributed by atoms with van der Waals surface area (Å²) in [7, 11) is 3.20. The molecule has 0 saturated carbocycles. The molecule has 0 rings (SSSR count). The molecular formula is C11H20N6O4. The van der Waals surface area contributed by atoms with Gasteiger partial charge in [0.15, 0.2) is 0 Å². The largest absolute Gasteiger partial charge is 0.481 e. The smallest absolute Gasteiger partial charge is 0.305 e. The predicted octanol–water partition coefficient (Wildman–Crippen LogP) is -1.72. The number of carboxylic acids is 1. The summed E-state index contributed by atoms with van der Waals surface area (Å²) in [5.41, 5.74) is 5.42. The number of carbonyl (C=O) groups is 3. The van der Waals surface area contributed by atoms with Crippen molar-refractivity contribution in [1.82, 2.24) is 15.5 Å². The second kappa shape index (κ2) is 9.28. The number of amides is 2.